The summed E-state index contributed by atoms with van der Waals surface area (Å²) in [5.74, 6) is 0.266. The van der Waals surface area contributed by atoms with Crippen molar-refractivity contribution in [2.45, 2.75) is 38.5 Å². The van der Waals surface area contributed by atoms with Gasteiger partial charge in [-0.1, -0.05) is 24.4 Å². The summed E-state index contributed by atoms with van der Waals surface area (Å²) >= 11 is 6.15. The first-order valence-electron chi connectivity index (χ1n) is 9.50. The highest BCUT2D eigenvalue weighted by Gasteiger charge is 2.28. The number of carbonyl (C=O) groups is 1. The molecule has 0 N–H and O–H groups in total. The van der Waals surface area contributed by atoms with E-state index in [0.717, 1.165) is 32.5 Å². The van der Waals surface area contributed by atoms with Crippen LogP contribution in [0.25, 0.3) is 0 Å². The fraction of sp³-hybridized carbons (Fsp3) is 0.632. The van der Waals surface area contributed by atoms with Crippen LogP contribution < -0.4 is 0 Å². The average molecular weight is 380 g/mol. The van der Waals surface area contributed by atoms with Gasteiger partial charge in [0.05, 0.1) is 15.5 Å². The van der Waals surface area contributed by atoms with Crippen molar-refractivity contribution in [3.63, 3.8) is 0 Å². The standard InChI is InChI=1S/C19H26ClN3O3/c20-18-8-7-16(23(25)26)12-17(18)19(24)22-11-5-6-15(14-22)13-21-9-3-1-2-4-10-21/h7-8,12,15H,1-6,9-11,13-14H2. The summed E-state index contributed by atoms with van der Waals surface area (Å²) < 4.78 is 0. The second kappa shape index (κ2) is 8.82. The molecule has 0 radical (unpaired) electrons. The van der Waals surface area contributed by atoms with E-state index in [4.69, 9.17) is 11.6 Å². The number of hydrogen-bond donors (Lipinski definition) is 0. The van der Waals surface area contributed by atoms with Crippen molar-refractivity contribution in [3.8, 4) is 0 Å². The largest absolute Gasteiger partial charge is 0.338 e. The van der Waals surface area contributed by atoms with Gasteiger partial charge in [0.2, 0.25) is 0 Å². The van der Waals surface area contributed by atoms with Crippen LogP contribution in [0.3, 0.4) is 0 Å². The molecule has 2 aliphatic rings. The molecule has 0 aliphatic carbocycles. The van der Waals surface area contributed by atoms with E-state index in [1.165, 1.54) is 43.9 Å². The number of nitrogens with zero attached hydrogens (tertiary/aromatic N) is 3. The Balaban J connectivity index is 1.66. The molecule has 1 amide bonds. The normalized spacial score (nSPS) is 22.0. The molecule has 26 heavy (non-hydrogen) atoms. The summed E-state index contributed by atoms with van der Waals surface area (Å²) in [6, 6.07) is 4.06. The minimum atomic E-state index is -0.495. The zero-order valence-corrected chi connectivity index (χ0v) is 15.8. The van der Waals surface area contributed by atoms with Crippen molar-refractivity contribution in [3.05, 3.63) is 38.9 Å². The third-order valence-electron chi connectivity index (χ3n) is 5.41. The van der Waals surface area contributed by atoms with Crippen LogP contribution in [-0.2, 0) is 0 Å². The van der Waals surface area contributed by atoms with E-state index in [-0.39, 0.29) is 22.2 Å². The fourth-order valence-electron chi connectivity index (χ4n) is 4.04. The van der Waals surface area contributed by atoms with Crippen LogP contribution in [-0.4, -0.2) is 53.4 Å². The smallest absolute Gasteiger partial charge is 0.270 e. The predicted molar refractivity (Wildman–Crippen MR) is 102 cm³/mol. The zero-order chi connectivity index (χ0) is 18.5. The first-order valence-corrected chi connectivity index (χ1v) is 9.88. The number of nitro benzene ring substituents is 1. The van der Waals surface area contributed by atoms with Gasteiger partial charge in [-0.15, -0.1) is 0 Å². The lowest BCUT2D eigenvalue weighted by Gasteiger charge is -2.35. The number of benzene rings is 1. The van der Waals surface area contributed by atoms with Gasteiger partial charge < -0.3 is 9.80 Å². The number of non-ortho nitro benzene ring substituents is 1. The second-order valence-electron chi connectivity index (χ2n) is 7.40. The number of amides is 1. The van der Waals surface area contributed by atoms with E-state index in [1.807, 2.05) is 4.90 Å². The molecule has 2 saturated heterocycles. The van der Waals surface area contributed by atoms with Crippen LogP contribution in [0.1, 0.15) is 48.9 Å². The zero-order valence-electron chi connectivity index (χ0n) is 15.0. The Kier molecular flexibility index (Phi) is 6.48. The molecule has 1 aromatic carbocycles. The number of carbonyl (C=O) groups excluding carboxylic acids is 1. The summed E-state index contributed by atoms with van der Waals surface area (Å²) in [6.07, 6.45) is 7.26. The van der Waals surface area contributed by atoms with E-state index in [0.29, 0.717) is 19.0 Å². The molecule has 2 aliphatic heterocycles. The van der Waals surface area contributed by atoms with Gasteiger partial charge in [-0.3, -0.25) is 14.9 Å². The molecule has 0 aromatic heterocycles. The second-order valence-corrected chi connectivity index (χ2v) is 7.80. The van der Waals surface area contributed by atoms with Gasteiger partial charge in [0, 0.05) is 31.8 Å². The molecule has 1 aromatic rings. The lowest BCUT2D eigenvalue weighted by Crippen LogP contribution is -2.44. The number of hydrogen-bond acceptors (Lipinski definition) is 4. The summed E-state index contributed by atoms with van der Waals surface area (Å²) in [4.78, 5) is 27.7. The van der Waals surface area contributed by atoms with Crippen molar-refractivity contribution < 1.29 is 9.72 Å². The topological polar surface area (TPSA) is 66.7 Å². The van der Waals surface area contributed by atoms with Gasteiger partial charge in [0.25, 0.3) is 11.6 Å². The number of rotatable bonds is 4. The van der Waals surface area contributed by atoms with E-state index >= 15 is 0 Å². The summed E-state index contributed by atoms with van der Waals surface area (Å²) in [6.45, 7) is 4.73. The van der Waals surface area contributed by atoms with Crippen molar-refractivity contribution >= 4 is 23.2 Å². The minimum absolute atomic E-state index is 0.101. The quantitative estimate of drug-likeness (QED) is 0.586. The maximum atomic E-state index is 12.9. The van der Waals surface area contributed by atoms with E-state index in [1.54, 1.807) is 0 Å². The van der Waals surface area contributed by atoms with Crippen LogP contribution in [0.5, 0.6) is 0 Å². The van der Waals surface area contributed by atoms with Crippen LogP contribution in [0.2, 0.25) is 5.02 Å². The Morgan fingerprint density at radius 1 is 1.15 bits per heavy atom. The fourth-order valence-corrected chi connectivity index (χ4v) is 4.24. The molecule has 2 heterocycles. The maximum absolute atomic E-state index is 12.9. The maximum Gasteiger partial charge on any atom is 0.270 e. The Morgan fingerprint density at radius 2 is 1.88 bits per heavy atom. The molecular formula is C19H26ClN3O3. The Morgan fingerprint density at radius 3 is 2.58 bits per heavy atom. The Labute approximate surface area is 159 Å². The SMILES string of the molecule is O=C(c1cc([N+](=O)[O-])ccc1Cl)N1CCCC(CN2CCCCCC2)C1. The molecule has 7 heteroatoms. The minimum Gasteiger partial charge on any atom is -0.338 e. The van der Waals surface area contributed by atoms with Gasteiger partial charge in [0.15, 0.2) is 0 Å². The Bertz CT molecular complexity index is 659. The number of piperidine rings is 1. The van der Waals surface area contributed by atoms with Gasteiger partial charge in [0.1, 0.15) is 0 Å². The number of likely N-dealkylation sites (tertiary alicyclic amines) is 2. The third kappa shape index (κ3) is 4.74. The molecule has 0 spiro atoms. The average Bonchev–Trinajstić information content (AvgIpc) is 2.90. The summed E-state index contributed by atoms with van der Waals surface area (Å²) in [5.41, 5.74) is 0.132. The molecule has 0 bridgehead atoms. The van der Waals surface area contributed by atoms with Gasteiger partial charge in [-0.05, 0) is 50.8 Å². The molecule has 142 valence electrons. The first kappa shape index (κ1) is 19.1. The van der Waals surface area contributed by atoms with Crippen LogP contribution >= 0.6 is 11.6 Å². The monoisotopic (exact) mass is 379 g/mol. The van der Waals surface area contributed by atoms with Crippen LogP contribution in [0.4, 0.5) is 5.69 Å². The number of halogens is 1. The van der Waals surface area contributed by atoms with Gasteiger partial charge >= 0.3 is 0 Å². The van der Waals surface area contributed by atoms with Crippen molar-refractivity contribution in [1.29, 1.82) is 0 Å². The van der Waals surface area contributed by atoms with E-state index in [2.05, 4.69) is 4.90 Å². The third-order valence-corrected chi connectivity index (χ3v) is 5.74. The highest BCUT2D eigenvalue weighted by molar-refractivity contribution is 6.33. The molecule has 1 atom stereocenters. The lowest BCUT2D eigenvalue weighted by molar-refractivity contribution is -0.384. The number of nitro groups is 1. The van der Waals surface area contributed by atoms with Gasteiger partial charge in [-0.2, -0.15) is 0 Å². The molecule has 3 rings (SSSR count). The van der Waals surface area contributed by atoms with Crippen LogP contribution in [0.15, 0.2) is 18.2 Å². The van der Waals surface area contributed by atoms with Crippen molar-refractivity contribution in [1.82, 2.24) is 9.80 Å². The molecule has 1 unspecified atom stereocenters. The van der Waals surface area contributed by atoms with Gasteiger partial charge in [-0.25, -0.2) is 0 Å². The summed E-state index contributed by atoms with van der Waals surface area (Å²) in [7, 11) is 0. The van der Waals surface area contributed by atoms with Crippen LogP contribution in [0, 0.1) is 16.0 Å². The van der Waals surface area contributed by atoms with E-state index in [9.17, 15) is 14.9 Å². The molecular weight excluding hydrogens is 354 g/mol. The highest BCUT2D eigenvalue weighted by Crippen LogP contribution is 2.26. The molecule has 0 saturated carbocycles. The van der Waals surface area contributed by atoms with E-state index < -0.39 is 4.92 Å². The predicted octanol–water partition coefficient (Wildman–Crippen LogP) is 3.98. The first-order chi connectivity index (χ1) is 12.5. The lowest BCUT2D eigenvalue weighted by atomic mass is 9.96. The van der Waals surface area contributed by atoms with Crippen molar-refractivity contribution in [2.75, 3.05) is 32.7 Å². The highest BCUT2D eigenvalue weighted by atomic mass is 35.5. The Hall–Kier alpha value is -1.66. The molecule has 6 nitrogen and oxygen atoms in total. The molecule has 2 fully saturated rings. The van der Waals surface area contributed by atoms with Crippen molar-refractivity contribution in [2.24, 2.45) is 5.92 Å². The summed E-state index contributed by atoms with van der Waals surface area (Å²) in [5, 5.41) is 11.3.